The Morgan fingerprint density at radius 1 is 1.45 bits per heavy atom. The molecule has 6 N–H and O–H groups in total. The summed E-state index contributed by atoms with van der Waals surface area (Å²) in [5.41, 5.74) is 0. The van der Waals surface area contributed by atoms with Gasteiger partial charge in [0, 0.05) is 20.5 Å². The summed E-state index contributed by atoms with van der Waals surface area (Å²) >= 11 is 0. The quantitative estimate of drug-likeness (QED) is 0.295. The molecule has 128 valence electrons. The Bertz CT molecular complexity index is 417. The zero-order valence-electron chi connectivity index (χ0n) is 12.2. The number of carboxylic acid groups (broad SMARTS) is 1. The molecule has 1 rings (SSSR count). The first-order valence-corrected chi connectivity index (χ1v) is 6.57. The van der Waals surface area contributed by atoms with Crippen LogP contribution in [-0.4, -0.2) is 87.4 Å². The number of methoxy groups -OCH3 is 1. The molecule has 0 bridgehead atoms. The second-order valence-electron chi connectivity index (χ2n) is 5.08. The largest absolute Gasteiger partial charge is 0.477 e. The number of nitrogens with one attached hydrogen (secondary N) is 1. The van der Waals surface area contributed by atoms with Crippen molar-refractivity contribution in [3.8, 4) is 0 Å². The monoisotopic (exact) mass is 323 g/mol. The van der Waals surface area contributed by atoms with Gasteiger partial charge in [0.25, 0.3) is 5.79 Å². The van der Waals surface area contributed by atoms with Gasteiger partial charge in [-0.3, -0.25) is 4.79 Å². The Labute approximate surface area is 126 Å². The Morgan fingerprint density at radius 2 is 2.05 bits per heavy atom. The van der Waals surface area contributed by atoms with E-state index in [-0.39, 0.29) is 0 Å². The Morgan fingerprint density at radius 3 is 2.45 bits per heavy atom. The molecule has 10 heteroatoms. The van der Waals surface area contributed by atoms with Crippen LogP contribution in [0.5, 0.6) is 0 Å². The topological polar surface area (TPSA) is 166 Å². The van der Waals surface area contributed by atoms with E-state index in [9.17, 15) is 30.0 Å². The van der Waals surface area contributed by atoms with E-state index in [4.69, 9.17) is 14.6 Å². The zero-order valence-corrected chi connectivity index (χ0v) is 12.2. The summed E-state index contributed by atoms with van der Waals surface area (Å²) in [7, 11) is 1.05. The number of hydrogen-bond acceptors (Lipinski definition) is 8. The van der Waals surface area contributed by atoms with Crippen molar-refractivity contribution >= 4 is 11.9 Å². The molecule has 1 heterocycles. The van der Waals surface area contributed by atoms with Crippen LogP contribution in [0.15, 0.2) is 0 Å². The van der Waals surface area contributed by atoms with Gasteiger partial charge in [-0.1, -0.05) is 0 Å². The van der Waals surface area contributed by atoms with Crippen molar-refractivity contribution in [1.29, 1.82) is 0 Å². The van der Waals surface area contributed by atoms with Crippen LogP contribution in [0.4, 0.5) is 0 Å². The third kappa shape index (κ3) is 3.72. The molecule has 22 heavy (non-hydrogen) atoms. The first-order valence-electron chi connectivity index (χ1n) is 6.57. The minimum absolute atomic E-state index is 0.498. The summed E-state index contributed by atoms with van der Waals surface area (Å²) in [5, 5.41) is 50.1. The van der Waals surface area contributed by atoms with Crippen LogP contribution < -0.4 is 5.32 Å². The molecule has 6 atom stereocenters. The lowest BCUT2D eigenvalue weighted by Crippen LogP contribution is -2.67. The highest BCUT2D eigenvalue weighted by molar-refractivity contribution is 5.76. The fraction of sp³-hybridized carbons (Fsp3) is 0.833. The second kappa shape index (κ2) is 7.31. The number of carboxylic acids is 1. The van der Waals surface area contributed by atoms with Crippen molar-refractivity contribution in [2.45, 2.75) is 49.6 Å². The minimum Gasteiger partial charge on any atom is -0.477 e. The molecular formula is C12H21NO9. The molecule has 10 nitrogen and oxygen atoms in total. The average Bonchev–Trinajstić information content (AvgIpc) is 2.46. The molecule has 1 aliphatic heterocycles. The van der Waals surface area contributed by atoms with E-state index < -0.39 is 61.1 Å². The molecule has 0 spiro atoms. The lowest BCUT2D eigenvalue weighted by molar-refractivity contribution is -0.303. The first kappa shape index (κ1) is 18.7. The van der Waals surface area contributed by atoms with Gasteiger partial charge in [0.1, 0.15) is 18.3 Å². The van der Waals surface area contributed by atoms with Crippen molar-refractivity contribution in [2.24, 2.45) is 0 Å². The summed E-state index contributed by atoms with van der Waals surface area (Å²) in [6, 6.07) is -1.18. The second-order valence-corrected chi connectivity index (χ2v) is 5.08. The van der Waals surface area contributed by atoms with Crippen LogP contribution in [0.3, 0.4) is 0 Å². The molecule has 0 aromatic heterocycles. The van der Waals surface area contributed by atoms with Crippen LogP contribution >= 0.6 is 0 Å². The first-order chi connectivity index (χ1) is 10.2. The number of aliphatic hydroxyl groups excluding tert-OH is 4. The Kier molecular flexibility index (Phi) is 6.23. The molecule has 0 aromatic rings. The fourth-order valence-electron chi connectivity index (χ4n) is 2.34. The third-order valence-corrected chi connectivity index (χ3v) is 3.52. The van der Waals surface area contributed by atoms with Crippen LogP contribution in [0.1, 0.15) is 13.3 Å². The average molecular weight is 323 g/mol. The molecule has 1 unspecified atom stereocenters. The molecule has 1 saturated heterocycles. The normalized spacial score (nSPS) is 34.7. The molecule has 1 amide bonds. The SMILES string of the molecule is CO[C@]1(C(=O)O)C[C@H](O)[C@H](NC(C)=O)C([C@H](O)[C@@H](O)CO)O1. The molecule has 0 aliphatic carbocycles. The van der Waals surface area contributed by atoms with Crippen LogP contribution in [-0.2, 0) is 19.1 Å². The summed E-state index contributed by atoms with van der Waals surface area (Å²) in [6.07, 6.45) is -6.84. The maximum absolute atomic E-state index is 11.3. The lowest BCUT2D eigenvalue weighted by atomic mass is 9.88. The van der Waals surface area contributed by atoms with Crippen LogP contribution in [0.2, 0.25) is 0 Å². The number of ether oxygens (including phenoxy) is 2. The number of rotatable bonds is 6. The highest BCUT2D eigenvalue weighted by atomic mass is 16.7. The molecule has 1 aliphatic rings. The third-order valence-electron chi connectivity index (χ3n) is 3.52. The van der Waals surface area contributed by atoms with Gasteiger partial charge in [-0.25, -0.2) is 4.79 Å². The van der Waals surface area contributed by atoms with Crippen molar-refractivity contribution in [3.63, 3.8) is 0 Å². The molecule has 0 radical (unpaired) electrons. The van der Waals surface area contributed by atoms with Crippen molar-refractivity contribution in [1.82, 2.24) is 5.32 Å². The summed E-state index contributed by atoms with van der Waals surface area (Å²) < 4.78 is 10.0. The zero-order chi connectivity index (χ0) is 17.1. The number of aliphatic hydroxyl groups is 4. The summed E-state index contributed by atoms with van der Waals surface area (Å²) in [5.74, 6) is -4.33. The van der Waals surface area contributed by atoms with E-state index in [2.05, 4.69) is 5.32 Å². The van der Waals surface area contributed by atoms with E-state index in [0.717, 1.165) is 14.0 Å². The fourth-order valence-corrected chi connectivity index (χ4v) is 2.34. The maximum Gasteiger partial charge on any atom is 0.364 e. The van der Waals surface area contributed by atoms with Gasteiger partial charge in [-0.2, -0.15) is 0 Å². The minimum atomic E-state index is -2.24. The van der Waals surface area contributed by atoms with Crippen LogP contribution in [0.25, 0.3) is 0 Å². The van der Waals surface area contributed by atoms with E-state index in [0.29, 0.717) is 0 Å². The Hall–Kier alpha value is -1.30. The molecule has 0 saturated carbocycles. The lowest BCUT2D eigenvalue weighted by Gasteiger charge is -2.46. The predicted octanol–water partition coefficient (Wildman–Crippen LogP) is -3.22. The van der Waals surface area contributed by atoms with Gasteiger partial charge < -0.3 is 40.3 Å². The van der Waals surface area contributed by atoms with Gasteiger partial charge in [0.15, 0.2) is 0 Å². The van der Waals surface area contributed by atoms with Crippen molar-refractivity contribution in [3.05, 3.63) is 0 Å². The molecule has 0 aromatic carbocycles. The predicted molar refractivity (Wildman–Crippen MR) is 69.6 cm³/mol. The smallest absolute Gasteiger partial charge is 0.364 e. The van der Waals surface area contributed by atoms with Gasteiger partial charge >= 0.3 is 5.97 Å². The molecule has 1 fully saturated rings. The van der Waals surface area contributed by atoms with E-state index in [1.54, 1.807) is 0 Å². The van der Waals surface area contributed by atoms with Crippen molar-refractivity contribution < 1.29 is 44.6 Å². The van der Waals surface area contributed by atoms with E-state index in [1.807, 2.05) is 0 Å². The van der Waals surface area contributed by atoms with Crippen LogP contribution in [0, 0.1) is 0 Å². The summed E-state index contributed by atoms with van der Waals surface area (Å²) in [6.45, 7) is 0.338. The molecular weight excluding hydrogens is 302 g/mol. The summed E-state index contributed by atoms with van der Waals surface area (Å²) in [4.78, 5) is 22.6. The Balaban J connectivity index is 3.14. The number of carbonyl (C=O) groups is 2. The number of aliphatic carboxylic acids is 1. The van der Waals surface area contributed by atoms with Gasteiger partial charge in [-0.15, -0.1) is 0 Å². The maximum atomic E-state index is 11.3. The highest BCUT2D eigenvalue weighted by Gasteiger charge is 2.55. The highest BCUT2D eigenvalue weighted by Crippen LogP contribution is 2.32. The number of amides is 1. The van der Waals surface area contributed by atoms with E-state index in [1.165, 1.54) is 0 Å². The van der Waals surface area contributed by atoms with E-state index >= 15 is 0 Å². The number of hydrogen-bond donors (Lipinski definition) is 6. The van der Waals surface area contributed by atoms with Crippen molar-refractivity contribution in [2.75, 3.05) is 13.7 Å². The number of carbonyl (C=O) groups excluding carboxylic acids is 1. The van der Waals surface area contributed by atoms with Gasteiger partial charge in [0.05, 0.1) is 18.8 Å². The van der Waals surface area contributed by atoms with Gasteiger partial charge in [0.2, 0.25) is 5.91 Å². The standard InChI is InChI=1S/C12H21NO9/c1-5(15)13-8-6(16)3-12(21-2,11(19)20)22-10(8)9(18)7(17)4-14/h6-10,14,16-18H,3-4H2,1-2H3,(H,13,15)(H,19,20)/t6-,7-,8-,9+,10?,12+/m0/s1. The van der Waals surface area contributed by atoms with Gasteiger partial charge in [-0.05, 0) is 0 Å².